The Kier molecular flexibility index (Phi) is 5.04. The van der Waals surface area contributed by atoms with Crippen LogP contribution < -0.4 is 4.74 Å². The van der Waals surface area contributed by atoms with Crippen LogP contribution in [0.5, 0.6) is 5.75 Å². The summed E-state index contributed by atoms with van der Waals surface area (Å²) in [6.07, 6.45) is 2.66. The molecule has 1 fully saturated rings. The number of aryl methyl sites for hydroxylation is 1. The molecule has 3 aromatic rings. The molecule has 0 bridgehead atoms. The van der Waals surface area contributed by atoms with Gasteiger partial charge in [-0.2, -0.15) is 0 Å². The first-order valence-electron chi connectivity index (χ1n) is 8.87. The lowest BCUT2D eigenvalue weighted by Gasteiger charge is -2.33. The third kappa shape index (κ3) is 3.60. The third-order valence-electron chi connectivity index (χ3n) is 4.76. The van der Waals surface area contributed by atoms with Gasteiger partial charge in [0.2, 0.25) is 0 Å². The largest absolute Gasteiger partial charge is 0.451 e. The summed E-state index contributed by atoms with van der Waals surface area (Å²) in [6.45, 7) is 3.52. The monoisotopic (exact) mass is 443 g/mol. The maximum absolute atomic E-state index is 12.9. The number of hydrogen-bond acceptors (Lipinski definition) is 5. The smallest absolute Gasteiger partial charge is 0.415 e. The Morgan fingerprint density at radius 1 is 1.14 bits per heavy atom. The summed E-state index contributed by atoms with van der Waals surface area (Å²) in [4.78, 5) is 32.4. The minimum atomic E-state index is -0.440. The van der Waals surface area contributed by atoms with E-state index in [0.717, 1.165) is 15.4 Å². The van der Waals surface area contributed by atoms with Crippen LogP contribution >= 0.6 is 15.9 Å². The van der Waals surface area contributed by atoms with E-state index in [0.29, 0.717) is 43.3 Å². The van der Waals surface area contributed by atoms with Crippen LogP contribution in [0.4, 0.5) is 4.79 Å². The molecule has 0 aliphatic carbocycles. The summed E-state index contributed by atoms with van der Waals surface area (Å²) in [5, 5.41) is 0.922. The van der Waals surface area contributed by atoms with Crippen molar-refractivity contribution < 1.29 is 18.7 Å². The Morgan fingerprint density at radius 3 is 2.61 bits per heavy atom. The highest BCUT2D eigenvalue weighted by molar-refractivity contribution is 9.10. The van der Waals surface area contributed by atoms with E-state index in [9.17, 15) is 9.59 Å². The number of hydrogen-bond donors (Lipinski definition) is 0. The number of rotatable bonds is 2. The van der Waals surface area contributed by atoms with Gasteiger partial charge < -0.3 is 19.0 Å². The first-order valence-corrected chi connectivity index (χ1v) is 9.67. The fourth-order valence-electron chi connectivity index (χ4n) is 3.21. The van der Waals surface area contributed by atoms with Gasteiger partial charge in [-0.15, -0.1) is 0 Å². The molecule has 0 radical (unpaired) electrons. The molecule has 144 valence electrons. The Hall–Kier alpha value is -2.87. The molecular weight excluding hydrogens is 426 g/mol. The second-order valence-corrected chi connectivity index (χ2v) is 7.45. The predicted molar refractivity (Wildman–Crippen MR) is 106 cm³/mol. The highest BCUT2D eigenvalue weighted by Gasteiger charge is 2.29. The van der Waals surface area contributed by atoms with Crippen LogP contribution in [0.1, 0.15) is 16.1 Å². The van der Waals surface area contributed by atoms with Gasteiger partial charge in [0.15, 0.2) is 11.5 Å². The van der Waals surface area contributed by atoms with E-state index in [-0.39, 0.29) is 5.91 Å². The van der Waals surface area contributed by atoms with Gasteiger partial charge in [0, 0.05) is 47.8 Å². The van der Waals surface area contributed by atoms with Gasteiger partial charge in [0.05, 0.1) is 6.20 Å². The van der Waals surface area contributed by atoms with Crippen LogP contribution in [0.3, 0.4) is 0 Å². The third-order valence-corrected chi connectivity index (χ3v) is 5.25. The summed E-state index contributed by atoms with van der Waals surface area (Å²) in [6, 6.07) is 9.08. The summed E-state index contributed by atoms with van der Waals surface area (Å²) in [5.41, 5.74) is 1.50. The Labute approximate surface area is 170 Å². The highest BCUT2D eigenvalue weighted by atomic mass is 79.9. The summed E-state index contributed by atoms with van der Waals surface area (Å²) < 4.78 is 12.0. The normalized spacial score (nSPS) is 14.4. The van der Waals surface area contributed by atoms with Gasteiger partial charge in [0.1, 0.15) is 5.58 Å². The number of carbonyl (C=O) groups excluding carboxylic acids is 2. The molecule has 1 aliphatic heterocycles. The number of benzene rings is 1. The van der Waals surface area contributed by atoms with Gasteiger partial charge in [-0.25, -0.2) is 4.79 Å². The topological polar surface area (TPSA) is 75.9 Å². The number of amides is 2. The summed E-state index contributed by atoms with van der Waals surface area (Å²) in [7, 11) is 0. The van der Waals surface area contributed by atoms with Gasteiger partial charge >= 0.3 is 6.09 Å². The van der Waals surface area contributed by atoms with Crippen molar-refractivity contribution in [2.75, 3.05) is 26.2 Å². The Balaban J connectivity index is 1.41. The first-order chi connectivity index (χ1) is 13.5. The molecule has 0 atom stereocenters. The quantitative estimate of drug-likeness (QED) is 0.600. The average molecular weight is 444 g/mol. The molecule has 1 aromatic carbocycles. The van der Waals surface area contributed by atoms with E-state index >= 15 is 0 Å². The van der Waals surface area contributed by atoms with Crippen LogP contribution in [-0.2, 0) is 0 Å². The second kappa shape index (κ2) is 7.63. The fourth-order valence-corrected chi connectivity index (χ4v) is 3.55. The molecule has 8 heteroatoms. The van der Waals surface area contributed by atoms with Crippen molar-refractivity contribution >= 4 is 38.9 Å². The maximum atomic E-state index is 12.9. The number of carbonyl (C=O) groups is 2. The lowest BCUT2D eigenvalue weighted by Crippen LogP contribution is -2.51. The van der Waals surface area contributed by atoms with Crippen LogP contribution in [0.15, 0.2) is 51.6 Å². The van der Waals surface area contributed by atoms with Crippen molar-refractivity contribution in [1.82, 2.24) is 14.8 Å². The number of furan rings is 1. The number of aromatic nitrogens is 1. The molecule has 1 aliphatic rings. The van der Waals surface area contributed by atoms with E-state index in [1.807, 2.05) is 25.1 Å². The van der Waals surface area contributed by atoms with E-state index in [4.69, 9.17) is 9.15 Å². The molecule has 0 N–H and O–H groups in total. The Morgan fingerprint density at radius 2 is 1.89 bits per heavy atom. The number of fused-ring (bicyclic) bond motifs is 1. The van der Waals surface area contributed by atoms with Crippen molar-refractivity contribution in [3.05, 3.63) is 58.5 Å². The molecule has 0 unspecified atom stereocenters. The molecular formula is C20H18BrN3O4. The summed E-state index contributed by atoms with van der Waals surface area (Å²) >= 11 is 3.42. The number of nitrogens with zero attached hydrogens (tertiary/aromatic N) is 3. The molecule has 2 aromatic heterocycles. The molecule has 2 amide bonds. The Bertz CT molecular complexity index is 1030. The second-order valence-electron chi connectivity index (χ2n) is 6.53. The maximum Gasteiger partial charge on any atom is 0.415 e. The van der Waals surface area contributed by atoms with Gasteiger partial charge in [-0.05, 0) is 37.3 Å². The average Bonchev–Trinajstić information content (AvgIpc) is 3.04. The molecule has 0 spiro atoms. The number of pyridine rings is 1. The first kappa shape index (κ1) is 18.5. The molecule has 1 saturated heterocycles. The van der Waals surface area contributed by atoms with Gasteiger partial charge in [0.25, 0.3) is 5.91 Å². The zero-order valence-electron chi connectivity index (χ0n) is 15.2. The van der Waals surface area contributed by atoms with Crippen molar-refractivity contribution in [1.29, 1.82) is 0 Å². The molecule has 0 saturated carbocycles. The van der Waals surface area contributed by atoms with Crippen molar-refractivity contribution in [3.8, 4) is 5.75 Å². The zero-order chi connectivity index (χ0) is 19.7. The van der Waals surface area contributed by atoms with E-state index < -0.39 is 6.09 Å². The fraction of sp³-hybridized carbons (Fsp3) is 0.250. The molecule has 7 nitrogen and oxygen atoms in total. The minimum Gasteiger partial charge on any atom is -0.451 e. The lowest BCUT2D eigenvalue weighted by atomic mass is 10.1. The van der Waals surface area contributed by atoms with Crippen molar-refractivity contribution in [2.24, 2.45) is 0 Å². The predicted octanol–water partition coefficient (Wildman–Crippen LogP) is 3.86. The van der Waals surface area contributed by atoms with Crippen molar-refractivity contribution in [2.45, 2.75) is 6.92 Å². The highest BCUT2D eigenvalue weighted by Crippen LogP contribution is 2.29. The standard InChI is InChI=1S/C20H18BrN3O4/c1-13-16-5-4-14(21)11-17(16)28-18(13)19(25)23-7-9-24(10-8-23)20(26)27-15-3-2-6-22-12-15/h2-6,11-12H,7-10H2,1H3. The summed E-state index contributed by atoms with van der Waals surface area (Å²) in [5.74, 6) is 0.583. The number of ether oxygens (including phenoxy) is 1. The van der Waals surface area contributed by atoms with Crippen LogP contribution in [0.25, 0.3) is 11.0 Å². The lowest BCUT2D eigenvalue weighted by molar-refractivity contribution is 0.0605. The molecule has 28 heavy (non-hydrogen) atoms. The van der Waals surface area contributed by atoms with Crippen LogP contribution in [0, 0.1) is 6.92 Å². The van der Waals surface area contributed by atoms with Crippen LogP contribution in [0.2, 0.25) is 0 Å². The van der Waals surface area contributed by atoms with E-state index in [1.54, 1.807) is 28.1 Å². The number of piperazine rings is 1. The number of halogens is 1. The SMILES string of the molecule is Cc1c(C(=O)N2CCN(C(=O)Oc3cccnc3)CC2)oc2cc(Br)ccc12. The molecule has 4 rings (SSSR count). The van der Waals surface area contributed by atoms with E-state index in [1.165, 1.54) is 6.20 Å². The van der Waals surface area contributed by atoms with E-state index in [2.05, 4.69) is 20.9 Å². The zero-order valence-corrected chi connectivity index (χ0v) is 16.8. The van der Waals surface area contributed by atoms with Crippen LogP contribution in [-0.4, -0.2) is 53.0 Å². The van der Waals surface area contributed by atoms with Crippen molar-refractivity contribution in [3.63, 3.8) is 0 Å². The van der Waals surface area contributed by atoms with Gasteiger partial charge in [-0.1, -0.05) is 15.9 Å². The molecule has 3 heterocycles. The minimum absolute atomic E-state index is 0.162. The van der Waals surface area contributed by atoms with Gasteiger partial charge in [-0.3, -0.25) is 9.78 Å².